The number of carbonyl (C=O) groups excluding carboxylic acids is 4. The van der Waals surface area contributed by atoms with Gasteiger partial charge in [-0.15, -0.1) is 0 Å². The molecule has 1 aliphatic rings. The topological polar surface area (TPSA) is 68.3 Å². The molecule has 0 radical (unpaired) electrons. The fraction of sp³-hybridized carbons (Fsp3) is 0.556. The average molecular weight is 547 g/mol. The highest BCUT2D eigenvalue weighted by Gasteiger charge is 2.33. The Morgan fingerprint density at radius 3 is 2.15 bits per heavy atom. The van der Waals surface area contributed by atoms with Gasteiger partial charge in [-0.2, -0.15) is 0 Å². The fourth-order valence-corrected chi connectivity index (χ4v) is 6.17. The van der Waals surface area contributed by atoms with Crippen molar-refractivity contribution in [1.82, 2.24) is 0 Å². The number of rotatable bonds is 13. The predicted molar refractivity (Wildman–Crippen MR) is 164 cm³/mol. The molecule has 2 aromatic rings. The van der Waals surface area contributed by atoms with Crippen LogP contribution in [0.2, 0.25) is 0 Å². The van der Waals surface area contributed by atoms with Crippen LogP contribution in [-0.2, 0) is 22.4 Å². The summed E-state index contributed by atoms with van der Waals surface area (Å²) in [7, 11) is 0. The molecule has 4 heteroatoms. The predicted octanol–water partition coefficient (Wildman–Crippen LogP) is 8.66. The number of fused-ring (bicyclic) bond motifs is 1. The zero-order valence-electron chi connectivity index (χ0n) is 25.9. The molecule has 0 N–H and O–H groups in total. The molecular weight excluding hydrogens is 496 g/mol. The number of hydrogen-bond acceptors (Lipinski definition) is 4. The Morgan fingerprint density at radius 2 is 1.57 bits per heavy atom. The lowest BCUT2D eigenvalue weighted by Crippen LogP contribution is -2.30. The number of benzene rings is 2. The van der Waals surface area contributed by atoms with E-state index < -0.39 is 0 Å². The van der Waals surface area contributed by atoms with Crippen LogP contribution in [0.3, 0.4) is 0 Å². The van der Waals surface area contributed by atoms with Gasteiger partial charge in [-0.3, -0.25) is 19.2 Å². The molecule has 3 rings (SSSR count). The summed E-state index contributed by atoms with van der Waals surface area (Å²) in [6.07, 6.45) is 7.00. The first-order valence-electron chi connectivity index (χ1n) is 15.3. The van der Waals surface area contributed by atoms with Crippen molar-refractivity contribution in [2.24, 2.45) is 17.8 Å². The van der Waals surface area contributed by atoms with Crippen molar-refractivity contribution in [1.29, 1.82) is 0 Å². The third kappa shape index (κ3) is 9.35. The standard InChI is InChI=1S/C33H42O4.C3H8/c1-6-8-27(28(7-2)31(36)17-23(5)34)18-24-19-29-25(14-11-22(4)33(29)32(37)20-24)15-16-30(35)26-12-9-21(3)10-13-26;1-3-2/h9-14,24,27-28H,6-8,15-20H2,1-5H3;3H2,1-2H3. The zero-order chi connectivity index (χ0) is 29.8. The third-order valence-electron chi connectivity index (χ3n) is 8.00. The third-order valence-corrected chi connectivity index (χ3v) is 8.00. The number of hydrogen-bond donors (Lipinski definition) is 0. The van der Waals surface area contributed by atoms with Crippen LogP contribution in [0.15, 0.2) is 36.4 Å². The van der Waals surface area contributed by atoms with Crippen molar-refractivity contribution in [3.8, 4) is 0 Å². The van der Waals surface area contributed by atoms with E-state index in [4.69, 9.17) is 0 Å². The second kappa shape index (κ2) is 16.4. The van der Waals surface area contributed by atoms with Crippen molar-refractivity contribution in [2.45, 2.75) is 113 Å². The number of ketones is 4. The summed E-state index contributed by atoms with van der Waals surface area (Å²) in [4.78, 5) is 50.7. The molecule has 0 heterocycles. The first-order chi connectivity index (χ1) is 19.1. The van der Waals surface area contributed by atoms with Gasteiger partial charge >= 0.3 is 0 Å². The van der Waals surface area contributed by atoms with Crippen LogP contribution in [0.1, 0.15) is 129 Å². The maximum Gasteiger partial charge on any atom is 0.163 e. The van der Waals surface area contributed by atoms with Gasteiger partial charge in [-0.1, -0.05) is 88.9 Å². The summed E-state index contributed by atoms with van der Waals surface area (Å²) < 4.78 is 0. The summed E-state index contributed by atoms with van der Waals surface area (Å²) in [5.74, 6) is 0.466. The van der Waals surface area contributed by atoms with Crippen molar-refractivity contribution in [3.05, 3.63) is 69.8 Å². The van der Waals surface area contributed by atoms with E-state index in [1.54, 1.807) is 0 Å². The summed E-state index contributed by atoms with van der Waals surface area (Å²) in [6, 6.07) is 11.8. The Bertz CT molecular complexity index is 1160. The molecule has 0 saturated carbocycles. The van der Waals surface area contributed by atoms with E-state index in [2.05, 4.69) is 26.8 Å². The lowest BCUT2D eigenvalue weighted by molar-refractivity contribution is -0.129. The van der Waals surface area contributed by atoms with E-state index >= 15 is 0 Å². The molecule has 0 aliphatic heterocycles. The molecular formula is C36H50O4. The Morgan fingerprint density at radius 1 is 0.925 bits per heavy atom. The minimum absolute atomic E-state index is 0.00348. The van der Waals surface area contributed by atoms with Gasteiger partial charge in [0.2, 0.25) is 0 Å². The highest BCUT2D eigenvalue weighted by atomic mass is 16.1. The molecule has 0 bridgehead atoms. The Kier molecular flexibility index (Phi) is 13.7. The van der Waals surface area contributed by atoms with Crippen molar-refractivity contribution < 1.29 is 19.2 Å². The van der Waals surface area contributed by atoms with Crippen LogP contribution in [0.5, 0.6) is 0 Å². The van der Waals surface area contributed by atoms with Crippen molar-refractivity contribution in [3.63, 3.8) is 0 Å². The monoisotopic (exact) mass is 546 g/mol. The van der Waals surface area contributed by atoms with E-state index in [0.29, 0.717) is 19.3 Å². The normalized spacial score (nSPS) is 15.9. The average Bonchev–Trinajstić information content (AvgIpc) is 2.89. The number of Topliss-reactive ketones (excluding diaryl/α,β-unsaturated/α-hetero) is 4. The lowest BCUT2D eigenvalue weighted by Gasteiger charge is -2.32. The number of aryl methyl sites for hydroxylation is 3. The first kappa shape index (κ1) is 33.3. The van der Waals surface area contributed by atoms with Gasteiger partial charge in [0.25, 0.3) is 0 Å². The molecule has 40 heavy (non-hydrogen) atoms. The molecule has 0 amide bonds. The molecule has 218 valence electrons. The van der Waals surface area contributed by atoms with E-state index in [-0.39, 0.29) is 47.3 Å². The van der Waals surface area contributed by atoms with Crippen LogP contribution >= 0.6 is 0 Å². The molecule has 2 aromatic carbocycles. The van der Waals surface area contributed by atoms with Crippen LogP contribution < -0.4 is 0 Å². The smallest absolute Gasteiger partial charge is 0.163 e. The molecule has 3 unspecified atom stereocenters. The highest BCUT2D eigenvalue weighted by Crippen LogP contribution is 2.38. The summed E-state index contributed by atoms with van der Waals surface area (Å²) in [6.45, 7) is 13.9. The summed E-state index contributed by atoms with van der Waals surface area (Å²) in [5.41, 5.74) is 5.87. The Balaban J connectivity index is 0.00000178. The molecule has 0 fully saturated rings. The molecule has 0 aromatic heterocycles. The summed E-state index contributed by atoms with van der Waals surface area (Å²) in [5, 5.41) is 0. The largest absolute Gasteiger partial charge is 0.300 e. The second-order valence-electron chi connectivity index (χ2n) is 11.7. The maximum atomic E-state index is 13.3. The van der Waals surface area contributed by atoms with Crippen LogP contribution in [0.25, 0.3) is 0 Å². The van der Waals surface area contributed by atoms with Crippen LogP contribution in [-0.4, -0.2) is 23.1 Å². The van der Waals surface area contributed by atoms with Gasteiger partial charge in [0, 0.05) is 29.9 Å². The molecule has 1 aliphatic carbocycles. The van der Waals surface area contributed by atoms with Crippen molar-refractivity contribution >= 4 is 23.1 Å². The van der Waals surface area contributed by atoms with Gasteiger partial charge in [0.05, 0.1) is 6.42 Å². The molecule has 0 spiro atoms. The van der Waals surface area contributed by atoms with E-state index in [1.807, 2.05) is 51.1 Å². The van der Waals surface area contributed by atoms with Gasteiger partial charge < -0.3 is 0 Å². The van der Waals surface area contributed by atoms with E-state index in [9.17, 15) is 19.2 Å². The minimum atomic E-state index is -0.135. The van der Waals surface area contributed by atoms with Gasteiger partial charge in [-0.05, 0) is 75.0 Å². The Hall–Kier alpha value is -2.88. The summed E-state index contributed by atoms with van der Waals surface area (Å²) >= 11 is 0. The van der Waals surface area contributed by atoms with Gasteiger partial charge in [-0.25, -0.2) is 0 Å². The highest BCUT2D eigenvalue weighted by molar-refractivity contribution is 6.01. The van der Waals surface area contributed by atoms with Gasteiger partial charge in [0.15, 0.2) is 11.6 Å². The van der Waals surface area contributed by atoms with Crippen LogP contribution in [0.4, 0.5) is 0 Å². The number of carbonyl (C=O) groups is 4. The molecule has 4 nitrogen and oxygen atoms in total. The zero-order valence-corrected chi connectivity index (χ0v) is 25.9. The SMILES string of the molecule is CCC.CCCC(CC1CC(=O)c2c(C)ccc(CCC(=O)c3ccc(C)cc3)c2C1)C(CC)C(=O)CC(C)=O. The van der Waals surface area contributed by atoms with Crippen LogP contribution in [0, 0.1) is 31.6 Å². The molecule has 0 saturated heterocycles. The fourth-order valence-electron chi connectivity index (χ4n) is 6.17. The van der Waals surface area contributed by atoms with Gasteiger partial charge in [0.1, 0.15) is 11.6 Å². The molecule has 3 atom stereocenters. The Labute approximate surface area is 242 Å². The maximum absolute atomic E-state index is 13.3. The quantitative estimate of drug-likeness (QED) is 0.186. The van der Waals surface area contributed by atoms with E-state index in [0.717, 1.165) is 65.5 Å². The van der Waals surface area contributed by atoms with Crippen molar-refractivity contribution in [2.75, 3.05) is 0 Å². The first-order valence-corrected chi connectivity index (χ1v) is 15.3. The van der Waals surface area contributed by atoms with E-state index in [1.165, 1.54) is 13.3 Å². The second-order valence-corrected chi connectivity index (χ2v) is 11.7. The lowest BCUT2D eigenvalue weighted by atomic mass is 9.71. The minimum Gasteiger partial charge on any atom is -0.300 e.